The van der Waals surface area contributed by atoms with E-state index in [9.17, 15) is 39.5 Å². The fraction of sp³-hybridized carbons (Fsp3) is 0.410. The smallest absolute Gasteiger partial charge is 0.416 e. The maximum absolute atomic E-state index is 15.0. The highest BCUT2D eigenvalue weighted by Gasteiger charge is 2.53. The molecule has 2 atom stereocenters. The second-order valence-electron chi connectivity index (χ2n) is 22.6. The lowest BCUT2D eigenvalue weighted by atomic mass is 9.76. The minimum atomic E-state index is -5.18. The molecule has 6 aromatic rings. The number of ether oxygens (including phenoxy) is 3. The van der Waals surface area contributed by atoms with Crippen molar-refractivity contribution >= 4 is 0 Å². The van der Waals surface area contributed by atoms with E-state index in [1.165, 1.54) is 14.2 Å². The van der Waals surface area contributed by atoms with Gasteiger partial charge in [-0.2, -0.15) is 39.5 Å². The van der Waals surface area contributed by atoms with Crippen molar-refractivity contribution < 1.29 is 58.2 Å². The normalized spacial score (nSPS) is 16.1. The molecule has 1 heterocycles. The molecular weight excluding hydrogens is 966 g/mol. The van der Waals surface area contributed by atoms with Crippen molar-refractivity contribution in [1.82, 2.24) is 0 Å². The zero-order valence-electron chi connectivity index (χ0n) is 45.1. The van der Waals surface area contributed by atoms with E-state index in [4.69, 9.17) is 14.2 Å². The van der Waals surface area contributed by atoms with Crippen LogP contribution >= 0.6 is 0 Å². The van der Waals surface area contributed by atoms with Crippen molar-refractivity contribution in [3.05, 3.63) is 163 Å². The third-order valence-corrected chi connectivity index (χ3v) is 15.4. The van der Waals surface area contributed by atoms with Gasteiger partial charge in [0.15, 0.2) is 5.60 Å². The summed E-state index contributed by atoms with van der Waals surface area (Å²) in [4.78, 5) is 0. The third kappa shape index (κ3) is 10.1. The van der Waals surface area contributed by atoms with Crippen LogP contribution in [0.15, 0.2) is 84.9 Å². The van der Waals surface area contributed by atoms with Gasteiger partial charge < -0.3 is 18.7 Å². The molecular formula is C61H67F9NO3+. The number of fused-ring (bicyclic) bond motifs is 3. The van der Waals surface area contributed by atoms with Crippen LogP contribution in [0.3, 0.4) is 0 Å². The standard InChI is InChI=1S/C61H67F9NO3/c1-33-21-39(25-43(22-33)59(62,63)64)52-48-31-71(13,38(6)58(74-16,41-19-17-34(2)36(4)23-41)42-20-18-35(3)37(5)24-42)32-49-47(46(48)29-50(54(52)72-14)56(7,8)9)30-51(57(10,11)12)55(73-15)53(49)40-26-44(60(65,66)67)28-45(27-40)61(68,69)70/h17-30,38H,31-32H2,1-16H3/q+1/t38-,71?/m0/s1. The molecule has 0 N–H and O–H groups in total. The van der Waals surface area contributed by atoms with Crippen molar-refractivity contribution in [3.63, 3.8) is 0 Å². The van der Waals surface area contributed by atoms with Gasteiger partial charge in [0.1, 0.15) is 30.6 Å². The molecule has 0 saturated carbocycles. The van der Waals surface area contributed by atoms with E-state index < -0.39 is 57.7 Å². The van der Waals surface area contributed by atoms with Crippen molar-refractivity contribution in [2.24, 2.45) is 0 Å². The second kappa shape index (κ2) is 19.1. The monoisotopic (exact) mass is 1030 g/mol. The van der Waals surface area contributed by atoms with E-state index in [1.807, 2.05) is 120 Å². The number of hydrogen-bond acceptors (Lipinski definition) is 3. The summed E-state index contributed by atoms with van der Waals surface area (Å²) >= 11 is 0. The fourth-order valence-corrected chi connectivity index (χ4v) is 11.0. The molecule has 1 unspecified atom stereocenters. The lowest BCUT2D eigenvalue weighted by Gasteiger charge is -2.49. The molecule has 396 valence electrons. The van der Waals surface area contributed by atoms with Crippen LogP contribution in [-0.4, -0.2) is 38.9 Å². The van der Waals surface area contributed by atoms with Gasteiger partial charge >= 0.3 is 18.5 Å². The summed E-state index contributed by atoms with van der Waals surface area (Å²) in [6, 6.07) is 20.8. The predicted octanol–water partition coefficient (Wildman–Crippen LogP) is 17.3. The van der Waals surface area contributed by atoms with Gasteiger partial charge in [0.2, 0.25) is 0 Å². The van der Waals surface area contributed by atoms with Crippen molar-refractivity contribution in [3.8, 4) is 44.9 Å². The van der Waals surface area contributed by atoms with Crippen LogP contribution in [0.5, 0.6) is 11.5 Å². The minimum Gasteiger partial charge on any atom is -0.496 e. The molecule has 0 radical (unpaired) electrons. The summed E-state index contributed by atoms with van der Waals surface area (Å²) < 4.78 is 154. The van der Waals surface area contributed by atoms with Gasteiger partial charge in [0, 0.05) is 40.5 Å². The molecule has 1 aliphatic heterocycles. The second-order valence-corrected chi connectivity index (χ2v) is 22.6. The first-order valence-electron chi connectivity index (χ1n) is 24.5. The first kappa shape index (κ1) is 55.9. The number of aryl methyl sites for hydroxylation is 5. The number of methoxy groups -OCH3 is 3. The molecule has 13 heteroatoms. The number of rotatable bonds is 9. The van der Waals surface area contributed by atoms with Gasteiger partial charge in [-0.3, -0.25) is 0 Å². The van der Waals surface area contributed by atoms with Crippen LogP contribution in [-0.2, 0) is 52.8 Å². The Morgan fingerprint density at radius 1 is 0.459 bits per heavy atom. The third-order valence-electron chi connectivity index (χ3n) is 15.4. The van der Waals surface area contributed by atoms with Crippen LogP contribution in [0, 0.1) is 34.6 Å². The molecule has 74 heavy (non-hydrogen) atoms. The quantitative estimate of drug-likeness (QED) is 0.107. The van der Waals surface area contributed by atoms with Gasteiger partial charge in [0.25, 0.3) is 0 Å². The fourth-order valence-electron chi connectivity index (χ4n) is 11.0. The number of alkyl halides is 9. The summed E-state index contributed by atoms with van der Waals surface area (Å²) in [7, 11) is 6.41. The Bertz CT molecular complexity index is 3070. The Morgan fingerprint density at radius 3 is 1.15 bits per heavy atom. The van der Waals surface area contributed by atoms with Crippen molar-refractivity contribution in [1.29, 1.82) is 0 Å². The van der Waals surface area contributed by atoms with E-state index >= 15 is 0 Å². The molecule has 6 aromatic carbocycles. The van der Waals surface area contributed by atoms with Gasteiger partial charge in [-0.25, -0.2) is 0 Å². The number of benzene rings is 6. The largest absolute Gasteiger partial charge is 0.496 e. The maximum Gasteiger partial charge on any atom is 0.416 e. The number of likely N-dealkylation sites (N-methyl/N-ethyl adjacent to an activating group) is 1. The van der Waals surface area contributed by atoms with Gasteiger partial charge in [-0.15, -0.1) is 0 Å². The summed E-state index contributed by atoms with van der Waals surface area (Å²) in [5.41, 5.74) is 2.45. The lowest BCUT2D eigenvalue weighted by molar-refractivity contribution is -0.963. The van der Waals surface area contributed by atoms with E-state index in [2.05, 4.69) is 12.1 Å². The first-order valence-corrected chi connectivity index (χ1v) is 24.5. The highest BCUT2D eigenvalue weighted by atomic mass is 19.4. The predicted molar refractivity (Wildman–Crippen MR) is 276 cm³/mol. The first-order chi connectivity index (χ1) is 34.0. The van der Waals surface area contributed by atoms with Crippen molar-refractivity contribution in [2.45, 2.75) is 137 Å². The molecule has 0 bridgehead atoms. The molecule has 0 fully saturated rings. The average Bonchev–Trinajstić information content (AvgIpc) is 3.42. The molecule has 0 aliphatic carbocycles. The lowest BCUT2D eigenvalue weighted by Crippen LogP contribution is -2.60. The van der Waals surface area contributed by atoms with Crippen LogP contribution < -0.4 is 9.47 Å². The zero-order valence-corrected chi connectivity index (χ0v) is 45.1. The van der Waals surface area contributed by atoms with Crippen LogP contribution in [0.1, 0.15) is 126 Å². The summed E-state index contributed by atoms with van der Waals surface area (Å²) in [6.45, 7) is 23.1. The maximum atomic E-state index is 15.0. The molecule has 0 spiro atoms. The number of quaternary nitrogens is 1. The molecule has 0 amide bonds. The summed E-state index contributed by atoms with van der Waals surface area (Å²) in [5, 5.41) is 0. The zero-order chi connectivity index (χ0) is 55.2. The Hall–Kier alpha value is -5.79. The Labute approximate surface area is 430 Å². The van der Waals surface area contributed by atoms with Crippen LogP contribution in [0.2, 0.25) is 0 Å². The highest BCUT2D eigenvalue weighted by molar-refractivity contribution is 5.91. The summed E-state index contributed by atoms with van der Waals surface area (Å²) in [5.74, 6) is 0.419. The molecule has 4 nitrogen and oxygen atoms in total. The summed E-state index contributed by atoms with van der Waals surface area (Å²) in [6.07, 6.45) is -15.1. The SMILES string of the molecule is COc1c(C(C)(C)C)cc2c(c1-c1cc(C)cc(C(F)(F)F)c1)C[N+](C)([C@@H](C)C(OC)(c1ccc(C)c(C)c1)c1ccc(C)c(C)c1)Cc1c-2cc(C(C)(C)C)c(OC)c1-c1cc(C(F)(F)F)cc(C(F)(F)F)c1. The van der Waals surface area contributed by atoms with Gasteiger partial charge in [0.05, 0.1) is 38.0 Å². The number of nitrogens with zero attached hydrogens (tertiary/aromatic N) is 1. The topological polar surface area (TPSA) is 27.7 Å². The van der Waals surface area contributed by atoms with Crippen LogP contribution in [0.4, 0.5) is 39.5 Å². The Kier molecular flexibility index (Phi) is 14.4. The number of halogens is 9. The van der Waals surface area contributed by atoms with Crippen molar-refractivity contribution in [2.75, 3.05) is 28.4 Å². The molecule has 0 aromatic heterocycles. The minimum absolute atomic E-state index is 0.0286. The van der Waals surface area contributed by atoms with E-state index in [-0.39, 0.29) is 46.1 Å². The Balaban J connectivity index is 1.79. The van der Waals surface area contributed by atoms with Crippen LogP contribution in [0.25, 0.3) is 33.4 Å². The Morgan fingerprint density at radius 2 is 0.824 bits per heavy atom. The molecule has 1 aliphatic rings. The van der Waals surface area contributed by atoms with E-state index in [0.29, 0.717) is 50.3 Å². The van der Waals surface area contributed by atoms with E-state index in [1.54, 1.807) is 20.1 Å². The number of hydrogen-bond donors (Lipinski definition) is 0. The average molecular weight is 1030 g/mol. The van der Waals surface area contributed by atoms with E-state index in [0.717, 1.165) is 57.6 Å². The van der Waals surface area contributed by atoms with Gasteiger partial charge in [-0.05, 0) is 156 Å². The molecule has 7 rings (SSSR count). The van der Waals surface area contributed by atoms with Gasteiger partial charge in [-0.1, -0.05) is 84.0 Å². The molecule has 0 saturated heterocycles. The highest BCUT2D eigenvalue weighted by Crippen LogP contribution is 2.56.